The number of H-pyrrole nitrogens is 1. The Hall–Kier alpha value is -2.46. The number of para-hydroxylation sites is 2. The minimum atomic E-state index is -0.514. The average molecular weight is 376 g/mol. The quantitative estimate of drug-likeness (QED) is 0.413. The van der Waals surface area contributed by atoms with Gasteiger partial charge in [0.1, 0.15) is 11.5 Å². The van der Waals surface area contributed by atoms with Crippen LogP contribution in [-0.4, -0.2) is 49.8 Å². The van der Waals surface area contributed by atoms with E-state index >= 15 is 0 Å². The number of anilines is 1. The first-order valence-corrected chi connectivity index (χ1v) is 9.40. The molecule has 2 heterocycles. The lowest BCUT2D eigenvalue weighted by Gasteiger charge is -2.11. The number of likely N-dealkylation sites (tertiary alicyclic amines) is 1. The molecule has 2 aromatic rings. The molecule has 10 heteroatoms. The Labute approximate surface area is 154 Å². The van der Waals surface area contributed by atoms with Crippen molar-refractivity contribution in [3.63, 3.8) is 0 Å². The van der Waals surface area contributed by atoms with Gasteiger partial charge in [-0.2, -0.15) is 0 Å². The summed E-state index contributed by atoms with van der Waals surface area (Å²) in [5.74, 6) is 1.05. The number of rotatable bonds is 8. The fourth-order valence-electron chi connectivity index (χ4n) is 2.75. The van der Waals surface area contributed by atoms with E-state index in [0.29, 0.717) is 10.9 Å². The van der Waals surface area contributed by atoms with Gasteiger partial charge in [-0.15, -0.1) is 5.10 Å². The zero-order valence-electron chi connectivity index (χ0n) is 14.2. The standard InChI is InChI=1S/C16H20N6O3S/c23-15(17-12-5-1-2-6-13(12)22(24)25)7-10-26-16-18-14(19-20-16)11-21-8-3-4-9-21/h1-2,5-6H,3-4,7-11H2,(H,17,23)(H,18,19,20). The van der Waals surface area contributed by atoms with Gasteiger partial charge in [-0.1, -0.05) is 23.9 Å². The second kappa shape index (κ2) is 8.77. The number of nitro groups is 1. The first-order valence-electron chi connectivity index (χ1n) is 8.41. The molecule has 0 saturated carbocycles. The number of hydrogen-bond donors (Lipinski definition) is 2. The summed E-state index contributed by atoms with van der Waals surface area (Å²) in [7, 11) is 0. The zero-order chi connectivity index (χ0) is 18.4. The highest BCUT2D eigenvalue weighted by molar-refractivity contribution is 7.99. The van der Waals surface area contributed by atoms with E-state index in [1.165, 1.54) is 36.7 Å². The molecule has 26 heavy (non-hydrogen) atoms. The molecule has 1 saturated heterocycles. The van der Waals surface area contributed by atoms with E-state index in [1.54, 1.807) is 12.1 Å². The third kappa shape index (κ3) is 5.02. The van der Waals surface area contributed by atoms with Crippen molar-refractivity contribution in [3.05, 3.63) is 40.2 Å². The fourth-order valence-corrected chi connectivity index (χ4v) is 3.51. The van der Waals surface area contributed by atoms with Gasteiger partial charge in [-0.25, -0.2) is 4.98 Å². The number of nitro benzene ring substituents is 1. The molecule has 1 fully saturated rings. The highest BCUT2D eigenvalue weighted by Crippen LogP contribution is 2.23. The monoisotopic (exact) mass is 376 g/mol. The Kier molecular flexibility index (Phi) is 6.18. The highest BCUT2D eigenvalue weighted by atomic mass is 32.2. The minimum Gasteiger partial charge on any atom is -0.320 e. The molecular formula is C16H20N6O3S. The van der Waals surface area contributed by atoms with Crippen LogP contribution in [0.1, 0.15) is 25.1 Å². The first-order chi connectivity index (χ1) is 12.6. The highest BCUT2D eigenvalue weighted by Gasteiger charge is 2.16. The summed E-state index contributed by atoms with van der Waals surface area (Å²) in [6.45, 7) is 2.95. The van der Waals surface area contributed by atoms with Crippen LogP contribution in [0.25, 0.3) is 0 Å². The lowest BCUT2D eigenvalue weighted by Crippen LogP contribution is -2.19. The molecule has 0 bridgehead atoms. The van der Waals surface area contributed by atoms with Crippen LogP contribution in [0.5, 0.6) is 0 Å². The van der Waals surface area contributed by atoms with Crippen molar-refractivity contribution in [1.82, 2.24) is 20.1 Å². The Morgan fingerprint density at radius 1 is 1.35 bits per heavy atom. The smallest absolute Gasteiger partial charge is 0.292 e. The van der Waals surface area contributed by atoms with Crippen molar-refractivity contribution in [1.29, 1.82) is 0 Å². The van der Waals surface area contributed by atoms with Gasteiger partial charge in [0.15, 0.2) is 0 Å². The number of benzene rings is 1. The van der Waals surface area contributed by atoms with Crippen LogP contribution in [-0.2, 0) is 11.3 Å². The molecule has 2 N–H and O–H groups in total. The van der Waals surface area contributed by atoms with E-state index in [1.807, 2.05) is 0 Å². The van der Waals surface area contributed by atoms with Gasteiger partial charge in [0.2, 0.25) is 11.1 Å². The van der Waals surface area contributed by atoms with E-state index in [2.05, 4.69) is 25.4 Å². The number of hydrogen-bond acceptors (Lipinski definition) is 7. The average Bonchev–Trinajstić information content (AvgIpc) is 3.28. The number of nitrogens with zero attached hydrogens (tertiary/aromatic N) is 4. The third-order valence-electron chi connectivity index (χ3n) is 4.02. The predicted octanol–water partition coefficient (Wildman–Crippen LogP) is 2.43. The van der Waals surface area contributed by atoms with Crippen molar-refractivity contribution >= 4 is 29.0 Å². The molecular weight excluding hydrogens is 356 g/mol. The lowest BCUT2D eigenvalue weighted by atomic mass is 10.2. The van der Waals surface area contributed by atoms with Crippen LogP contribution < -0.4 is 5.32 Å². The predicted molar refractivity (Wildman–Crippen MR) is 98.0 cm³/mol. The number of thioether (sulfide) groups is 1. The summed E-state index contributed by atoms with van der Waals surface area (Å²) in [5, 5.41) is 21.2. The molecule has 0 radical (unpaired) electrons. The van der Waals surface area contributed by atoms with Crippen molar-refractivity contribution in [3.8, 4) is 0 Å². The molecule has 1 aliphatic heterocycles. The number of aromatic nitrogens is 3. The topological polar surface area (TPSA) is 117 Å². The van der Waals surface area contributed by atoms with Gasteiger partial charge < -0.3 is 5.32 Å². The van der Waals surface area contributed by atoms with Crippen LogP contribution in [0.15, 0.2) is 29.4 Å². The second-order valence-electron chi connectivity index (χ2n) is 5.97. The van der Waals surface area contributed by atoms with Crippen LogP contribution >= 0.6 is 11.8 Å². The lowest BCUT2D eigenvalue weighted by molar-refractivity contribution is -0.383. The molecule has 1 aromatic heterocycles. The van der Waals surface area contributed by atoms with Crippen molar-refractivity contribution in [2.24, 2.45) is 0 Å². The molecule has 1 amide bonds. The molecule has 0 aliphatic carbocycles. The van der Waals surface area contributed by atoms with E-state index in [9.17, 15) is 14.9 Å². The normalized spacial score (nSPS) is 14.5. The zero-order valence-corrected chi connectivity index (χ0v) is 15.0. The minimum absolute atomic E-state index is 0.117. The van der Waals surface area contributed by atoms with Crippen LogP contribution in [0, 0.1) is 10.1 Å². The summed E-state index contributed by atoms with van der Waals surface area (Å²) in [6.07, 6.45) is 2.67. The number of carbonyl (C=O) groups excluding carboxylic acids is 1. The van der Waals surface area contributed by atoms with Crippen molar-refractivity contribution in [2.45, 2.75) is 31.0 Å². The summed E-state index contributed by atoms with van der Waals surface area (Å²) in [4.78, 5) is 29.2. The van der Waals surface area contributed by atoms with Gasteiger partial charge in [0.05, 0.1) is 11.5 Å². The maximum absolute atomic E-state index is 12.0. The molecule has 1 aromatic carbocycles. The van der Waals surface area contributed by atoms with E-state index in [-0.39, 0.29) is 23.7 Å². The van der Waals surface area contributed by atoms with Gasteiger partial charge in [0, 0.05) is 18.2 Å². The Morgan fingerprint density at radius 3 is 2.88 bits per heavy atom. The Morgan fingerprint density at radius 2 is 2.12 bits per heavy atom. The summed E-state index contributed by atoms with van der Waals surface area (Å²) >= 11 is 1.38. The van der Waals surface area contributed by atoms with Gasteiger partial charge in [0.25, 0.3) is 5.69 Å². The van der Waals surface area contributed by atoms with Crippen LogP contribution in [0.4, 0.5) is 11.4 Å². The third-order valence-corrected chi connectivity index (χ3v) is 4.87. The first kappa shape index (κ1) is 18.3. The van der Waals surface area contributed by atoms with Gasteiger partial charge >= 0.3 is 0 Å². The molecule has 1 aliphatic rings. The molecule has 138 valence electrons. The fraction of sp³-hybridized carbons (Fsp3) is 0.438. The van der Waals surface area contributed by atoms with Crippen molar-refractivity contribution < 1.29 is 9.72 Å². The Balaban J connectivity index is 1.44. The second-order valence-corrected chi connectivity index (χ2v) is 7.03. The van der Waals surface area contributed by atoms with Gasteiger partial charge in [-0.05, 0) is 32.0 Å². The molecule has 0 spiro atoms. The van der Waals surface area contributed by atoms with Crippen LogP contribution in [0.2, 0.25) is 0 Å². The van der Waals surface area contributed by atoms with Gasteiger partial charge in [-0.3, -0.25) is 24.9 Å². The SMILES string of the molecule is O=C(CCSc1n[nH]c(CN2CCCC2)n1)Nc1ccccc1[N+](=O)[O-]. The number of carbonyl (C=O) groups is 1. The molecule has 3 rings (SSSR count). The molecule has 0 atom stereocenters. The summed E-state index contributed by atoms with van der Waals surface area (Å²) in [5.41, 5.74) is 0.0901. The van der Waals surface area contributed by atoms with E-state index in [4.69, 9.17) is 0 Å². The molecule has 9 nitrogen and oxygen atoms in total. The van der Waals surface area contributed by atoms with E-state index in [0.717, 1.165) is 25.5 Å². The summed E-state index contributed by atoms with van der Waals surface area (Å²) in [6, 6.07) is 6.09. The largest absolute Gasteiger partial charge is 0.320 e. The number of nitrogens with one attached hydrogen (secondary N) is 2. The Bertz CT molecular complexity index is 775. The number of amides is 1. The van der Waals surface area contributed by atoms with Crippen LogP contribution in [0.3, 0.4) is 0 Å². The van der Waals surface area contributed by atoms with E-state index < -0.39 is 4.92 Å². The van der Waals surface area contributed by atoms with Crippen molar-refractivity contribution in [2.75, 3.05) is 24.2 Å². The molecule has 0 unspecified atom stereocenters. The maximum atomic E-state index is 12.0. The number of aromatic amines is 1. The summed E-state index contributed by atoms with van der Waals surface area (Å²) < 4.78 is 0. The maximum Gasteiger partial charge on any atom is 0.292 e.